The van der Waals surface area contributed by atoms with E-state index >= 15 is 0 Å². The van der Waals surface area contributed by atoms with Crippen LogP contribution < -0.4 is 10.1 Å². The van der Waals surface area contributed by atoms with Crippen molar-refractivity contribution in [2.75, 3.05) is 33.1 Å². The molecule has 3 heterocycles. The van der Waals surface area contributed by atoms with E-state index in [9.17, 15) is 5.11 Å². The Balaban J connectivity index is 1.52. The van der Waals surface area contributed by atoms with Gasteiger partial charge in [-0.2, -0.15) is 0 Å². The minimum atomic E-state index is 0.249. The summed E-state index contributed by atoms with van der Waals surface area (Å²) >= 11 is 1.76. The second kappa shape index (κ2) is 11.2. The molecule has 0 saturated carbocycles. The zero-order valence-electron chi connectivity index (χ0n) is 20.6. The first-order chi connectivity index (χ1) is 17.2. The molecule has 3 aromatic rings. The van der Waals surface area contributed by atoms with Crippen LogP contribution in [0.1, 0.15) is 29.0 Å². The third kappa shape index (κ3) is 5.01. The second-order valence-corrected chi connectivity index (χ2v) is 10.6. The van der Waals surface area contributed by atoms with Crippen molar-refractivity contribution in [3.63, 3.8) is 0 Å². The highest BCUT2D eigenvalue weighted by atomic mass is 32.2. The van der Waals surface area contributed by atoms with E-state index in [2.05, 4.69) is 95.3 Å². The summed E-state index contributed by atoms with van der Waals surface area (Å²) in [6.45, 7) is 3.05. The number of nitrogens with zero attached hydrogens (tertiary/aromatic N) is 1. The number of nitrogens with one attached hydrogen (secondary N) is 1. The SMILES string of the molecule is COc1ccc(SC)cc1CNC1C2CCN(CC2CO)C1C(c1ccccc1)c1ccccc1. The molecule has 3 fully saturated rings. The maximum absolute atomic E-state index is 10.2. The number of aliphatic hydroxyl groups is 1. The Kier molecular flexibility index (Phi) is 7.78. The number of piperidine rings is 3. The van der Waals surface area contributed by atoms with Crippen molar-refractivity contribution in [1.82, 2.24) is 10.2 Å². The number of hydrogen-bond acceptors (Lipinski definition) is 5. The van der Waals surface area contributed by atoms with Gasteiger partial charge in [0.15, 0.2) is 0 Å². The van der Waals surface area contributed by atoms with E-state index in [0.717, 1.165) is 31.8 Å². The highest BCUT2D eigenvalue weighted by Gasteiger charge is 2.50. The fraction of sp³-hybridized carbons (Fsp3) is 0.400. The minimum absolute atomic E-state index is 0.249. The summed E-state index contributed by atoms with van der Waals surface area (Å²) in [7, 11) is 1.75. The quantitative estimate of drug-likeness (QED) is 0.414. The maximum Gasteiger partial charge on any atom is 0.123 e. The van der Waals surface area contributed by atoms with Gasteiger partial charge in [0.05, 0.1) is 7.11 Å². The molecule has 3 saturated heterocycles. The van der Waals surface area contributed by atoms with Crippen LogP contribution in [0.15, 0.2) is 83.8 Å². The number of rotatable bonds is 9. The minimum Gasteiger partial charge on any atom is -0.496 e. The summed E-state index contributed by atoms with van der Waals surface area (Å²) in [5.41, 5.74) is 3.89. The lowest BCUT2D eigenvalue weighted by atomic mass is 9.66. The third-order valence-corrected chi connectivity index (χ3v) is 8.71. The molecule has 0 aromatic heterocycles. The molecule has 5 unspecified atom stereocenters. The van der Waals surface area contributed by atoms with Gasteiger partial charge < -0.3 is 15.2 Å². The zero-order valence-corrected chi connectivity index (χ0v) is 21.5. The van der Waals surface area contributed by atoms with Gasteiger partial charge in [-0.1, -0.05) is 60.7 Å². The molecule has 0 spiro atoms. The number of hydrogen-bond donors (Lipinski definition) is 2. The van der Waals surface area contributed by atoms with E-state index < -0.39 is 0 Å². The van der Waals surface area contributed by atoms with Crippen LogP contribution in [0.5, 0.6) is 5.75 Å². The number of methoxy groups -OCH3 is 1. The average molecular weight is 489 g/mol. The fourth-order valence-electron chi connectivity index (χ4n) is 6.34. The summed E-state index contributed by atoms with van der Waals surface area (Å²) in [6.07, 6.45) is 3.23. The lowest BCUT2D eigenvalue weighted by Crippen LogP contribution is -2.67. The van der Waals surface area contributed by atoms with Crippen molar-refractivity contribution in [1.29, 1.82) is 0 Å². The molecule has 6 rings (SSSR count). The Bertz CT molecular complexity index is 1050. The first-order valence-electron chi connectivity index (χ1n) is 12.6. The molecule has 35 heavy (non-hydrogen) atoms. The van der Waals surface area contributed by atoms with Crippen molar-refractivity contribution < 1.29 is 9.84 Å². The van der Waals surface area contributed by atoms with E-state index in [1.807, 2.05) is 0 Å². The Hall–Kier alpha value is -2.31. The molecule has 0 amide bonds. The van der Waals surface area contributed by atoms with Crippen LogP contribution >= 0.6 is 11.8 Å². The summed E-state index contributed by atoms with van der Waals surface area (Å²) in [6, 6.07) is 28.9. The fourth-order valence-corrected chi connectivity index (χ4v) is 6.81. The molecule has 0 radical (unpaired) electrons. The van der Waals surface area contributed by atoms with Gasteiger partial charge in [-0.3, -0.25) is 4.90 Å². The van der Waals surface area contributed by atoms with Gasteiger partial charge in [0.2, 0.25) is 0 Å². The molecule has 2 bridgehead atoms. The van der Waals surface area contributed by atoms with E-state index in [1.54, 1.807) is 18.9 Å². The predicted molar refractivity (Wildman–Crippen MR) is 144 cm³/mol. The first-order valence-corrected chi connectivity index (χ1v) is 13.8. The van der Waals surface area contributed by atoms with Crippen molar-refractivity contribution in [2.24, 2.45) is 11.8 Å². The number of thioether (sulfide) groups is 1. The molecule has 3 aliphatic rings. The van der Waals surface area contributed by atoms with Crippen molar-refractivity contribution >= 4 is 11.8 Å². The number of fused-ring (bicyclic) bond motifs is 3. The smallest absolute Gasteiger partial charge is 0.123 e. The van der Waals surface area contributed by atoms with Gasteiger partial charge in [-0.15, -0.1) is 11.8 Å². The van der Waals surface area contributed by atoms with E-state index in [0.29, 0.717) is 17.9 Å². The van der Waals surface area contributed by atoms with Crippen molar-refractivity contribution in [2.45, 2.75) is 35.9 Å². The zero-order chi connectivity index (χ0) is 24.2. The molecular weight excluding hydrogens is 452 g/mol. The molecule has 5 atom stereocenters. The number of ether oxygens (including phenoxy) is 1. The van der Waals surface area contributed by atoms with Crippen LogP contribution in [-0.4, -0.2) is 55.2 Å². The van der Waals surface area contributed by atoms with Gasteiger partial charge in [0, 0.05) is 48.2 Å². The van der Waals surface area contributed by atoms with Gasteiger partial charge in [0.1, 0.15) is 5.75 Å². The lowest BCUT2D eigenvalue weighted by molar-refractivity contribution is -0.0536. The Morgan fingerprint density at radius 1 is 1.03 bits per heavy atom. The van der Waals surface area contributed by atoms with E-state index in [4.69, 9.17) is 4.74 Å². The third-order valence-electron chi connectivity index (χ3n) is 7.98. The summed E-state index contributed by atoms with van der Waals surface area (Å²) in [5, 5.41) is 14.2. The molecule has 5 heteroatoms. The normalized spacial score (nSPS) is 25.7. The second-order valence-electron chi connectivity index (χ2n) is 9.76. The molecule has 2 N–H and O–H groups in total. The first kappa shape index (κ1) is 24.4. The van der Waals surface area contributed by atoms with Crippen LogP contribution in [0.2, 0.25) is 0 Å². The molecule has 0 aliphatic carbocycles. The Morgan fingerprint density at radius 2 is 1.71 bits per heavy atom. The van der Waals surface area contributed by atoms with E-state index in [1.165, 1.54) is 21.6 Å². The number of benzene rings is 3. The molecule has 184 valence electrons. The van der Waals surface area contributed by atoms with Gasteiger partial charge in [0.25, 0.3) is 0 Å². The summed E-state index contributed by atoms with van der Waals surface area (Å²) in [5.74, 6) is 1.94. The van der Waals surface area contributed by atoms with Crippen molar-refractivity contribution in [3.8, 4) is 5.75 Å². The predicted octanol–water partition coefficient (Wildman–Crippen LogP) is 5.02. The topological polar surface area (TPSA) is 44.7 Å². The largest absolute Gasteiger partial charge is 0.496 e. The van der Waals surface area contributed by atoms with Crippen LogP contribution in [-0.2, 0) is 6.54 Å². The van der Waals surface area contributed by atoms with Gasteiger partial charge >= 0.3 is 0 Å². The van der Waals surface area contributed by atoms with Crippen LogP contribution in [0.4, 0.5) is 0 Å². The monoisotopic (exact) mass is 488 g/mol. The summed E-state index contributed by atoms with van der Waals surface area (Å²) < 4.78 is 5.70. The van der Waals surface area contributed by atoms with Crippen molar-refractivity contribution in [3.05, 3.63) is 95.6 Å². The number of aliphatic hydroxyl groups excluding tert-OH is 1. The Morgan fingerprint density at radius 3 is 2.31 bits per heavy atom. The van der Waals surface area contributed by atoms with Gasteiger partial charge in [-0.05, 0) is 60.4 Å². The summed E-state index contributed by atoms with van der Waals surface area (Å²) in [4.78, 5) is 3.88. The lowest BCUT2D eigenvalue weighted by Gasteiger charge is -2.57. The van der Waals surface area contributed by atoms with E-state index in [-0.39, 0.29) is 18.6 Å². The maximum atomic E-state index is 10.2. The van der Waals surface area contributed by atoms with Gasteiger partial charge in [-0.25, -0.2) is 0 Å². The molecular formula is C30H36N2O2S. The highest BCUT2D eigenvalue weighted by Crippen LogP contribution is 2.44. The van der Waals surface area contributed by atoms with Crippen LogP contribution in [0.25, 0.3) is 0 Å². The Labute approximate surface area is 213 Å². The van der Waals surface area contributed by atoms with Crippen LogP contribution in [0, 0.1) is 11.8 Å². The molecule has 3 aliphatic heterocycles. The molecule has 4 nitrogen and oxygen atoms in total. The average Bonchev–Trinajstić information content (AvgIpc) is 2.93. The van der Waals surface area contributed by atoms with Crippen LogP contribution in [0.3, 0.4) is 0 Å². The standard InChI is InChI=1S/C30H36N2O2S/c1-34-27-14-13-25(35-2)17-23(27)18-31-29-26-15-16-32(19-24(26)20-33)30(29)28(21-9-5-3-6-10-21)22-11-7-4-8-12-22/h3-14,17,24,26,28-31,33H,15-16,18-20H2,1-2H3. The molecule has 3 aromatic carbocycles. The highest BCUT2D eigenvalue weighted by molar-refractivity contribution is 7.98.